The molecule has 0 saturated carbocycles. The number of nitrogens with two attached hydrogens (primary N) is 1. The van der Waals surface area contributed by atoms with Gasteiger partial charge in [-0.3, -0.25) is 9.78 Å². The zero-order chi connectivity index (χ0) is 10.8. The quantitative estimate of drug-likeness (QED) is 0.678. The molecule has 0 unspecified atom stereocenters. The molecule has 15 heavy (non-hydrogen) atoms. The average Bonchev–Trinajstić information content (AvgIpc) is 2.57. The molecule has 0 fully saturated rings. The molecule has 0 aliphatic heterocycles. The molecule has 6 nitrogen and oxygen atoms in total. The first-order valence-electron chi connectivity index (χ1n) is 4.59. The fraction of sp³-hybridized carbons (Fsp3) is 0.375. The van der Waals surface area contributed by atoms with Crippen LogP contribution in [0.1, 0.15) is 14.8 Å². The van der Waals surface area contributed by atoms with Crippen LogP contribution in [0, 0.1) is 0 Å². The van der Waals surface area contributed by atoms with Crippen LogP contribution in [0.15, 0.2) is 9.95 Å². The van der Waals surface area contributed by atoms with Crippen molar-refractivity contribution in [2.45, 2.75) is 18.5 Å². The number of aromatic nitrogens is 4. The van der Waals surface area contributed by atoms with E-state index in [2.05, 4.69) is 26.9 Å². The molecule has 0 atom stereocenters. The van der Waals surface area contributed by atoms with Crippen molar-refractivity contribution in [3.05, 3.63) is 10.4 Å². The van der Waals surface area contributed by atoms with Gasteiger partial charge in [-0.25, -0.2) is 4.98 Å². The lowest BCUT2D eigenvalue weighted by atomic mass is 10.5. The lowest BCUT2D eigenvalue weighted by molar-refractivity contribution is 1.05. The third-order valence-corrected chi connectivity index (χ3v) is 2.88. The molecule has 0 aliphatic rings. The number of hydrogen-bond acceptors (Lipinski definition) is 5. The van der Waals surface area contributed by atoms with Crippen molar-refractivity contribution in [2.24, 2.45) is 0 Å². The van der Waals surface area contributed by atoms with E-state index >= 15 is 0 Å². The summed E-state index contributed by atoms with van der Waals surface area (Å²) < 4.78 is 0. The Morgan fingerprint density at radius 2 is 2.27 bits per heavy atom. The highest BCUT2D eigenvalue weighted by Gasteiger charge is 2.08. The number of H-pyrrole nitrogens is 2. The van der Waals surface area contributed by atoms with Gasteiger partial charge in [-0.2, -0.15) is 4.98 Å². The van der Waals surface area contributed by atoms with Gasteiger partial charge in [0.25, 0.3) is 5.56 Å². The standard InChI is InChI=1S/C8H11N5OS.H2/c1-2-3-15-8-10-4-5(12-8)11-7(9)13-6(4)14;/h2-3H2,1H3,(H4,9,10,11,12,13,14);1H. The smallest absolute Gasteiger partial charge is 0.278 e. The maximum Gasteiger partial charge on any atom is 0.278 e. The minimum Gasteiger partial charge on any atom is -0.369 e. The van der Waals surface area contributed by atoms with Gasteiger partial charge in [-0.05, 0) is 6.42 Å². The number of nitrogens with zero attached hydrogens (tertiary/aromatic N) is 2. The van der Waals surface area contributed by atoms with Gasteiger partial charge in [-0.1, -0.05) is 18.7 Å². The van der Waals surface area contributed by atoms with E-state index in [1.165, 1.54) is 0 Å². The zero-order valence-corrected chi connectivity index (χ0v) is 9.02. The minimum absolute atomic E-state index is 0. The summed E-state index contributed by atoms with van der Waals surface area (Å²) in [5.74, 6) is 1.04. The highest BCUT2D eigenvalue weighted by molar-refractivity contribution is 7.99. The Balaban J connectivity index is 0.00000128. The number of rotatable bonds is 3. The molecule has 0 aromatic carbocycles. The van der Waals surface area contributed by atoms with Crippen molar-refractivity contribution >= 4 is 28.9 Å². The Labute approximate surface area is 91.2 Å². The predicted molar refractivity (Wildman–Crippen MR) is 62.1 cm³/mol. The van der Waals surface area contributed by atoms with Crippen molar-refractivity contribution in [1.29, 1.82) is 0 Å². The van der Waals surface area contributed by atoms with Crippen molar-refractivity contribution in [2.75, 3.05) is 11.5 Å². The van der Waals surface area contributed by atoms with Gasteiger partial charge >= 0.3 is 0 Å². The van der Waals surface area contributed by atoms with Crippen LogP contribution in [0.25, 0.3) is 11.2 Å². The summed E-state index contributed by atoms with van der Waals surface area (Å²) in [6.45, 7) is 2.08. The van der Waals surface area contributed by atoms with E-state index in [4.69, 9.17) is 5.73 Å². The van der Waals surface area contributed by atoms with Gasteiger partial charge in [-0.15, -0.1) is 0 Å². The van der Waals surface area contributed by atoms with Gasteiger partial charge in [0.15, 0.2) is 16.3 Å². The van der Waals surface area contributed by atoms with Gasteiger partial charge in [0.05, 0.1) is 0 Å². The molecule has 2 aromatic heterocycles. The molecule has 4 N–H and O–H groups in total. The number of imidazole rings is 1. The molecular formula is C8H13N5OS. The molecule has 2 rings (SSSR count). The molecule has 0 radical (unpaired) electrons. The third kappa shape index (κ3) is 1.96. The summed E-state index contributed by atoms with van der Waals surface area (Å²) in [7, 11) is 0. The van der Waals surface area contributed by atoms with Crippen LogP contribution in [0.5, 0.6) is 0 Å². The average molecular weight is 227 g/mol. The third-order valence-electron chi connectivity index (χ3n) is 1.80. The summed E-state index contributed by atoms with van der Waals surface area (Å²) in [6, 6.07) is 0. The molecule has 0 aliphatic carbocycles. The van der Waals surface area contributed by atoms with Gasteiger partial charge in [0.2, 0.25) is 5.95 Å². The Hall–Kier alpha value is -1.50. The van der Waals surface area contributed by atoms with Crippen LogP contribution in [-0.2, 0) is 0 Å². The normalized spacial score (nSPS) is 11.0. The Morgan fingerprint density at radius 1 is 1.47 bits per heavy atom. The molecule has 0 spiro atoms. The molecule has 0 bridgehead atoms. The second kappa shape index (κ2) is 3.93. The molecule has 2 heterocycles. The lowest BCUT2D eigenvalue weighted by Crippen LogP contribution is -2.10. The number of anilines is 1. The highest BCUT2D eigenvalue weighted by Crippen LogP contribution is 2.16. The van der Waals surface area contributed by atoms with Crippen molar-refractivity contribution in [3.63, 3.8) is 0 Å². The van der Waals surface area contributed by atoms with E-state index in [1.807, 2.05) is 0 Å². The van der Waals surface area contributed by atoms with E-state index in [0.29, 0.717) is 16.3 Å². The van der Waals surface area contributed by atoms with Crippen molar-refractivity contribution in [1.82, 2.24) is 19.9 Å². The molecule has 0 saturated heterocycles. The molecule has 7 heteroatoms. The van der Waals surface area contributed by atoms with Crippen LogP contribution in [0.2, 0.25) is 0 Å². The fourth-order valence-electron chi connectivity index (χ4n) is 1.17. The van der Waals surface area contributed by atoms with Crippen LogP contribution in [0.4, 0.5) is 5.95 Å². The van der Waals surface area contributed by atoms with Gasteiger partial charge in [0.1, 0.15) is 0 Å². The van der Waals surface area contributed by atoms with E-state index < -0.39 is 0 Å². The molecular weight excluding hydrogens is 214 g/mol. The van der Waals surface area contributed by atoms with E-state index in [-0.39, 0.29) is 12.9 Å². The number of fused-ring (bicyclic) bond motifs is 1. The SMILES string of the molecule is CCCSc1nc2nc(N)[nH]c(=O)c2[nH]1.[HH]. The van der Waals surface area contributed by atoms with Crippen LogP contribution >= 0.6 is 11.8 Å². The van der Waals surface area contributed by atoms with E-state index in [0.717, 1.165) is 12.2 Å². The zero-order valence-electron chi connectivity index (χ0n) is 8.20. The topological polar surface area (TPSA) is 100 Å². The summed E-state index contributed by atoms with van der Waals surface area (Å²) in [4.78, 5) is 24.9. The number of hydrogen-bond donors (Lipinski definition) is 3. The predicted octanol–water partition coefficient (Wildman–Crippen LogP) is 0.976. The first-order valence-corrected chi connectivity index (χ1v) is 5.57. The second-order valence-corrected chi connectivity index (χ2v) is 4.12. The number of nitrogens with one attached hydrogen (secondary N) is 2. The Kier molecular flexibility index (Phi) is 2.63. The first-order chi connectivity index (χ1) is 7.20. The second-order valence-electron chi connectivity index (χ2n) is 3.04. The lowest BCUT2D eigenvalue weighted by Gasteiger charge is -1.90. The van der Waals surface area contributed by atoms with Crippen LogP contribution < -0.4 is 11.3 Å². The number of nitrogen functional groups attached to an aromatic ring is 1. The van der Waals surface area contributed by atoms with Crippen LogP contribution in [0.3, 0.4) is 0 Å². The van der Waals surface area contributed by atoms with Crippen molar-refractivity contribution < 1.29 is 1.43 Å². The monoisotopic (exact) mass is 227 g/mol. The summed E-state index contributed by atoms with van der Waals surface area (Å²) in [5.41, 5.74) is 5.87. The number of thioether (sulfide) groups is 1. The van der Waals surface area contributed by atoms with Crippen LogP contribution in [-0.4, -0.2) is 25.7 Å². The number of aromatic amines is 2. The van der Waals surface area contributed by atoms with E-state index in [9.17, 15) is 4.79 Å². The maximum absolute atomic E-state index is 11.4. The van der Waals surface area contributed by atoms with Gasteiger partial charge < -0.3 is 10.7 Å². The molecule has 0 amide bonds. The fourth-order valence-corrected chi connectivity index (χ4v) is 1.89. The Morgan fingerprint density at radius 3 is 3.00 bits per heavy atom. The molecule has 2 aromatic rings. The summed E-state index contributed by atoms with van der Waals surface area (Å²) in [5, 5.41) is 0.704. The highest BCUT2D eigenvalue weighted by atomic mass is 32.2. The minimum atomic E-state index is -0.284. The summed E-state index contributed by atoms with van der Waals surface area (Å²) in [6.07, 6.45) is 1.05. The first kappa shape index (κ1) is 10.0. The van der Waals surface area contributed by atoms with Crippen molar-refractivity contribution in [3.8, 4) is 0 Å². The maximum atomic E-state index is 11.4. The van der Waals surface area contributed by atoms with E-state index in [1.54, 1.807) is 11.8 Å². The molecule has 82 valence electrons. The largest absolute Gasteiger partial charge is 0.369 e. The van der Waals surface area contributed by atoms with Gasteiger partial charge in [0, 0.05) is 7.18 Å². The summed E-state index contributed by atoms with van der Waals surface area (Å²) >= 11 is 1.56. The Bertz CT molecular complexity index is 537.